The summed E-state index contributed by atoms with van der Waals surface area (Å²) in [5, 5.41) is 11.3. The molecule has 1 heterocycles. The van der Waals surface area contributed by atoms with Crippen LogP contribution in [0.25, 0.3) is 0 Å². The van der Waals surface area contributed by atoms with Gasteiger partial charge in [0, 0.05) is 13.6 Å². The topological polar surface area (TPSA) is 93.5 Å². The van der Waals surface area contributed by atoms with Crippen LogP contribution in [-0.2, 0) is 9.59 Å². The number of nitriles is 1. The van der Waals surface area contributed by atoms with Gasteiger partial charge in [-0.3, -0.25) is 14.5 Å². The molecule has 0 radical (unpaired) electrons. The van der Waals surface area contributed by atoms with Crippen molar-refractivity contribution in [3.8, 4) is 6.07 Å². The second-order valence-corrected chi connectivity index (χ2v) is 6.31. The minimum absolute atomic E-state index is 0.226. The quantitative estimate of drug-likeness (QED) is 0.779. The van der Waals surface area contributed by atoms with Crippen molar-refractivity contribution in [3.63, 3.8) is 0 Å². The zero-order valence-electron chi connectivity index (χ0n) is 13.1. The zero-order chi connectivity index (χ0) is 16.3. The molecular formula is C15H22N4O3. The minimum Gasteiger partial charge on any atom is -0.343 e. The molecule has 0 unspecified atom stereocenters. The molecule has 0 aromatic carbocycles. The van der Waals surface area contributed by atoms with Crippen LogP contribution in [0.5, 0.6) is 0 Å². The number of amides is 4. The normalized spacial score (nSPS) is 27.7. The summed E-state index contributed by atoms with van der Waals surface area (Å²) in [7, 11) is 1.57. The van der Waals surface area contributed by atoms with Gasteiger partial charge in [0.2, 0.25) is 5.91 Å². The van der Waals surface area contributed by atoms with Crippen LogP contribution in [0.2, 0.25) is 0 Å². The molecule has 22 heavy (non-hydrogen) atoms. The molecule has 1 saturated heterocycles. The summed E-state index contributed by atoms with van der Waals surface area (Å²) in [4.78, 5) is 39.1. The van der Waals surface area contributed by atoms with Crippen LogP contribution in [0, 0.1) is 17.2 Å². The maximum atomic E-state index is 12.6. The third-order valence-electron chi connectivity index (χ3n) is 4.65. The largest absolute Gasteiger partial charge is 0.343 e. The molecular weight excluding hydrogens is 284 g/mol. The molecule has 0 aromatic heterocycles. The third-order valence-corrected chi connectivity index (χ3v) is 4.65. The first-order valence-corrected chi connectivity index (χ1v) is 7.64. The maximum absolute atomic E-state index is 12.6. The second kappa shape index (κ2) is 6.34. The number of hydrogen-bond acceptors (Lipinski definition) is 4. The summed E-state index contributed by atoms with van der Waals surface area (Å²) >= 11 is 0. The highest BCUT2D eigenvalue weighted by atomic mass is 16.2. The summed E-state index contributed by atoms with van der Waals surface area (Å²) in [5.41, 5.74) is -0.810. The van der Waals surface area contributed by atoms with Crippen molar-refractivity contribution >= 4 is 17.8 Å². The number of urea groups is 1. The fourth-order valence-electron chi connectivity index (χ4n) is 3.01. The molecule has 7 heteroatoms. The molecule has 2 fully saturated rings. The Morgan fingerprint density at radius 2 is 2.09 bits per heavy atom. The van der Waals surface area contributed by atoms with Crippen molar-refractivity contribution in [2.24, 2.45) is 5.92 Å². The lowest BCUT2D eigenvalue weighted by Crippen LogP contribution is -2.50. The minimum atomic E-state index is -0.810. The third kappa shape index (κ3) is 3.06. The van der Waals surface area contributed by atoms with Gasteiger partial charge >= 0.3 is 6.03 Å². The number of nitrogens with zero attached hydrogens (tertiary/aromatic N) is 3. The van der Waals surface area contributed by atoms with E-state index in [2.05, 4.69) is 12.2 Å². The molecule has 7 nitrogen and oxygen atoms in total. The summed E-state index contributed by atoms with van der Waals surface area (Å²) in [6.45, 7) is 2.17. The molecule has 120 valence electrons. The molecule has 1 spiro atoms. The van der Waals surface area contributed by atoms with Crippen molar-refractivity contribution < 1.29 is 14.4 Å². The van der Waals surface area contributed by atoms with Crippen LogP contribution < -0.4 is 5.32 Å². The Hall–Kier alpha value is -2.10. The molecule has 4 amide bonds. The van der Waals surface area contributed by atoms with Gasteiger partial charge in [-0.05, 0) is 31.6 Å². The first kappa shape index (κ1) is 16.3. The highest BCUT2D eigenvalue weighted by Gasteiger charge is 2.52. The van der Waals surface area contributed by atoms with E-state index in [1.54, 1.807) is 7.05 Å². The Morgan fingerprint density at radius 3 is 2.68 bits per heavy atom. The molecule has 0 aromatic rings. The first-order valence-electron chi connectivity index (χ1n) is 7.64. The monoisotopic (exact) mass is 306 g/mol. The Morgan fingerprint density at radius 1 is 1.45 bits per heavy atom. The van der Waals surface area contributed by atoms with Gasteiger partial charge in [-0.25, -0.2) is 4.79 Å². The number of nitrogens with one attached hydrogen (secondary N) is 1. The average Bonchev–Trinajstić information content (AvgIpc) is 2.72. The van der Waals surface area contributed by atoms with Crippen LogP contribution in [0.3, 0.4) is 0 Å². The van der Waals surface area contributed by atoms with Gasteiger partial charge in [-0.1, -0.05) is 6.92 Å². The van der Waals surface area contributed by atoms with Crippen LogP contribution >= 0.6 is 0 Å². The number of hydrogen-bond donors (Lipinski definition) is 1. The predicted molar refractivity (Wildman–Crippen MR) is 78.5 cm³/mol. The number of rotatable bonds is 4. The molecule has 0 bridgehead atoms. The van der Waals surface area contributed by atoms with E-state index in [1.807, 2.05) is 6.07 Å². The Bertz CT molecular complexity index is 517. The first-order chi connectivity index (χ1) is 10.4. The summed E-state index contributed by atoms with van der Waals surface area (Å²) in [6, 6.07) is 1.48. The van der Waals surface area contributed by atoms with E-state index < -0.39 is 11.6 Å². The Balaban J connectivity index is 2.01. The number of likely N-dealkylation sites (N-methyl/N-ethyl adjacent to an activating group) is 1. The van der Waals surface area contributed by atoms with Crippen LogP contribution in [-0.4, -0.2) is 53.3 Å². The molecule has 0 atom stereocenters. The Labute approximate surface area is 130 Å². The van der Waals surface area contributed by atoms with E-state index >= 15 is 0 Å². The van der Waals surface area contributed by atoms with E-state index in [1.165, 1.54) is 4.90 Å². The van der Waals surface area contributed by atoms with Gasteiger partial charge in [-0.15, -0.1) is 0 Å². The van der Waals surface area contributed by atoms with Gasteiger partial charge in [0.05, 0.1) is 12.5 Å². The fourth-order valence-corrected chi connectivity index (χ4v) is 3.01. The SMILES string of the molecule is CC1CCC2(CC1)NC(=O)N(CC(=O)N(C)CCC#N)C2=O. The van der Waals surface area contributed by atoms with Gasteiger partial charge < -0.3 is 10.2 Å². The van der Waals surface area contributed by atoms with E-state index in [-0.39, 0.29) is 24.8 Å². The predicted octanol–water partition coefficient (Wildman–Crippen LogP) is 0.859. The number of imide groups is 1. The molecule has 1 saturated carbocycles. The van der Waals surface area contributed by atoms with Gasteiger partial charge in [-0.2, -0.15) is 5.26 Å². The molecule has 2 rings (SSSR count). The van der Waals surface area contributed by atoms with Crippen molar-refractivity contribution in [2.45, 2.75) is 44.6 Å². The van der Waals surface area contributed by atoms with Crippen LogP contribution in [0.1, 0.15) is 39.0 Å². The van der Waals surface area contributed by atoms with Crippen molar-refractivity contribution in [1.82, 2.24) is 15.1 Å². The van der Waals surface area contributed by atoms with Crippen LogP contribution in [0.15, 0.2) is 0 Å². The van der Waals surface area contributed by atoms with Gasteiger partial charge in [0.1, 0.15) is 12.1 Å². The lowest BCUT2D eigenvalue weighted by Gasteiger charge is -2.33. The zero-order valence-corrected chi connectivity index (χ0v) is 13.1. The molecule has 1 N–H and O–H groups in total. The second-order valence-electron chi connectivity index (χ2n) is 6.31. The average molecular weight is 306 g/mol. The molecule has 1 aliphatic heterocycles. The molecule has 2 aliphatic rings. The lowest BCUT2D eigenvalue weighted by atomic mass is 9.77. The summed E-state index contributed by atoms with van der Waals surface area (Å²) in [6.07, 6.45) is 3.29. The summed E-state index contributed by atoms with van der Waals surface area (Å²) in [5.74, 6) is -0.0606. The van der Waals surface area contributed by atoms with E-state index in [9.17, 15) is 14.4 Å². The number of carbonyl (C=O) groups is 3. The fraction of sp³-hybridized carbons (Fsp3) is 0.733. The van der Waals surface area contributed by atoms with Crippen molar-refractivity contribution in [3.05, 3.63) is 0 Å². The van der Waals surface area contributed by atoms with Crippen molar-refractivity contribution in [1.29, 1.82) is 5.26 Å². The highest BCUT2D eigenvalue weighted by Crippen LogP contribution is 2.36. The van der Waals surface area contributed by atoms with E-state index in [0.29, 0.717) is 25.3 Å². The van der Waals surface area contributed by atoms with Gasteiger partial charge in [0.25, 0.3) is 5.91 Å². The maximum Gasteiger partial charge on any atom is 0.325 e. The summed E-state index contributed by atoms with van der Waals surface area (Å²) < 4.78 is 0. The van der Waals surface area contributed by atoms with Crippen LogP contribution in [0.4, 0.5) is 4.79 Å². The van der Waals surface area contributed by atoms with Gasteiger partial charge in [0.15, 0.2) is 0 Å². The van der Waals surface area contributed by atoms with E-state index in [0.717, 1.165) is 17.7 Å². The number of carbonyl (C=O) groups excluding carboxylic acids is 3. The lowest BCUT2D eigenvalue weighted by molar-refractivity contribution is -0.139. The smallest absolute Gasteiger partial charge is 0.325 e. The standard InChI is InChI=1S/C15H22N4O3/c1-11-4-6-15(7-5-11)13(21)19(14(22)17-15)10-12(20)18(2)9-3-8-16/h11H,3-7,9-10H2,1-2H3,(H,17,22). The molecule has 1 aliphatic carbocycles. The van der Waals surface area contributed by atoms with Crippen molar-refractivity contribution in [2.75, 3.05) is 20.1 Å². The van der Waals surface area contributed by atoms with E-state index in [4.69, 9.17) is 5.26 Å². The highest BCUT2D eigenvalue weighted by molar-refractivity contribution is 6.09. The Kier molecular flexibility index (Phi) is 4.69.